The van der Waals surface area contributed by atoms with Gasteiger partial charge in [0.1, 0.15) is 0 Å². The molecule has 0 aliphatic rings. The second-order valence-electron chi connectivity index (χ2n) is 2.01. The minimum atomic E-state index is 0.731. The average molecular weight is 164 g/mol. The van der Waals surface area contributed by atoms with Crippen molar-refractivity contribution in [2.75, 3.05) is 32.6 Å². The van der Waals surface area contributed by atoms with E-state index in [9.17, 15) is 0 Å². The third kappa shape index (κ3) is 8.35. The SMILES string of the molecule is CCCOCCOCCP. The van der Waals surface area contributed by atoms with Crippen LogP contribution >= 0.6 is 9.24 Å². The topological polar surface area (TPSA) is 18.5 Å². The van der Waals surface area contributed by atoms with Crippen LogP contribution in [0.2, 0.25) is 0 Å². The molecule has 3 heteroatoms. The van der Waals surface area contributed by atoms with Gasteiger partial charge in [0.05, 0.1) is 19.8 Å². The number of hydrogen-bond acceptors (Lipinski definition) is 2. The Bertz CT molecular complexity index is 51.6. The summed E-state index contributed by atoms with van der Waals surface area (Å²) >= 11 is 0. The van der Waals surface area contributed by atoms with E-state index in [0.29, 0.717) is 0 Å². The van der Waals surface area contributed by atoms with Gasteiger partial charge in [0.2, 0.25) is 0 Å². The molecule has 2 nitrogen and oxygen atoms in total. The van der Waals surface area contributed by atoms with Crippen molar-refractivity contribution in [2.45, 2.75) is 13.3 Å². The van der Waals surface area contributed by atoms with Crippen LogP contribution in [0.3, 0.4) is 0 Å². The Hall–Kier alpha value is 0.350. The highest BCUT2D eigenvalue weighted by molar-refractivity contribution is 7.16. The molecule has 0 spiro atoms. The molecule has 0 rings (SSSR count). The first-order chi connectivity index (χ1) is 4.91. The maximum absolute atomic E-state index is 5.20. The molecule has 0 saturated heterocycles. The first-order valence-electron chi connectivity index (χ1n) is 3.77. The summed E-state index contributed by atoms with van der Waals surface area (Å²) in [6, 6.07) is 0. The number of ether oxygens (including phenoxy) is 2. The number of hydrogen-bond donors (Lipinski definition) is 0. The molecule has 10 heavy (non-hydrogen) atoms. The van der Waals surface area contributed by atoms with Crippen LogP contribution in [0, 0.1) is 0 Å². The minimum absolute atomic E-state index is 0.731. The monoisotopic (exact) mass is 164 g/mol. The lowest BCUT2D eigenvalue weighted by atomic mass is 10.5. The van der Waals surface area contributed by atoms with Crippen molar-refractivity contribution in [3.8, 4) is 0 Å². The fraction of sp³-hybridized carbons (Fsp3) is 1.00. The van der Waals surface area contributed by atoms with E-state index < -0.39 is 0 Å². The zero-order chi connectivity index (χ0) is 7.66. The van der Waals surface area contributed by atoms with Gasteiger partial charge in [0, 0.05) is 6.61 Å². The Morgan fingerprint density at radius 3 is 2.10 bits per heavy atom. The van der Waals surface area contributed by atoms with Crippen molar-refractivity contribution in [2.24, 2.45) is 0 Å². The Morgan fingerprint density at radius 2 is 1.60 bits per heavy atom. The van der Waals surface area contributed by atoms with E-state index in [2.05, 4.69) is 16.2 Å². The smallest absolute Gasteiger partial charge is 0.0700 e. The van der Waals surface area contributed by atoms with Gasteiger partial charge in [-0.2, -0.15) is 0 Å². The van der Waals surface area contributed by atoms with E-state index in [1.807, 2.05) is 0 Å². The highest BCUT2D eigenvalue weighted by Gasteiger charge is 1.85. The zero-order valence-electron chi connectivity index (χ0n) is 6.64. The lowest BCUT2D eigenvalue weighted by Gasteiger charge is -2.02. The minimum Gasteiger partial charge on any atom is -0.379 e. The summed E-state index contributed by atoms with van der Waals surface area (Å²) in [5.74, 6) is 0. The summed E-state index contributed by atoms with van der Waals surface area (Å²) in [5.41, 5.74) is 0. The lowest BCUT2D eigenvalue weighted by Crippen LogP contribution is -2.05. The van der Waals surface area contributed by atoms with Crippen molar-refractivity contribution in [3.63, 3.8) is 0 Å². The fourth-order valence-corrected chi connectivity index (χ4v) is 0.716. The first-order valence-corrected chi connectivity index (χ1v) is 4.59. The summed E-state index contributed by atoms with van der Waals surface area (Å²) in [5, 5.41) is 0. The van der Waals surface area contributed by atoms with Crippen LogP contribution in [-0.4, -0.2) is 32.6 Å². The normalized spacial score (nSPS) is 10.2. The molecular weight excluding hydrogens is 147 g/mol. The third-order valence-corrected chi connectivity index (χ3v) is 1.22. The van der Waals surface area contributed by atoms with E-state index in [4.69, 9.17) is 9.47 Å². The predicted molar refractivity (Wildman–Crippen MR) is 46.5 cm³/mol. The van der Waals surface area contributed by atoms with Crippen molar-refractivity contribution in [1.29, 1.82) is 0 Å². The fourth-order valence-electron chi connectivity index (χ4n) is 0.550. The molecule has 0 bridgehead atoms. The van der Waals surface area contributed by atoms with Crippen LogP contribution in [0.15, 0.2) is 0 Å². The van der Waals surface area contributed by atoms with E-state index in [0.717, 1.165) is 39.0 Å². The summed E-state index contributed by atoms with van der Waals surface area (Å²) in [6.45, 7) is 5.24. The summed E-state index contributed by atoms with van der Waals surface area (Å²) in [7, 11) is 2.62. The van der Waals surface area contributed by atoms with Crippen molar-refractivity contribution < 1.29 is 9.47 Å². The third-order valence-electron chi connectivity index (χ3n) is 0.983. The molecule has 0 aromatic carbocycles. The van der Waals surface area contributed by atoms with Crippen LogP contribution in [0.5, 0.6) is 0 Å². The van der Waals surface area contributed by atoms with Crippen LogP contribution in [-0.2, 0) is 9.47 Å². The van der Waals surface area contributed by atoms with Gasteiger partial charge in [-0.3, -0.25) is 0 Å². The van der Waals surface area contributed by atoms with Gasteiger partial charge in [0.25, 0.3) is 0 Å². The van der Waals surface area contributed by atoms with Crippen molar-refractivity contribution >= 4 is 9.24 Å². The van der Waals surface area contributed by atoms with E-state index in [1.165, 1.54) is 0 Å². The molecule has 0 saturated carbocycles. The van der Waals surface area contributed by atoms with E-state index in [1.54, 1.807) is 0 Å². The molecule has 0 aliphatic heterocycles. The molecule has 1 unspecified atom stereocenters. The Morgan fingerprint density at radius 1 is 1.00 bits per heavy atom. The summed E-state index contributed by atoms with van der Waals surface area (Å²) in [6.07, 6.45) is 2.09. The molecule has 0 aromatic rings. The molecule has 0 heterocycles. The van der Waals surface area contributed by atoms with Gasteiger partial charge in [-0.1, -0.05) is 6.92 Å². The van der Waals surface area contributed by atoms with Gasteiger partial charge < -0.3 is 9.47 Å². The maximum atomic E-state index is 5.20. The highest BCUT2D eigenvalue weighted by Crippen LogP contribution is 1.84. The zero-order valence-corrected chi connectivity index (χ0v) is 7.79. The highest BCUT2D eigenvalue weighted by atomic mass is 31.0. The van der Waals surface area contributed by atoms with Gasteiger partial charge in [-0.25, -0.2) is 0 Å². The predicted octanol–water partition coefficient (Wildman–Crippen LogP) is 1.30. The second kappa shape index (κ2) is 9.35. The van der Waals surface area contributed by atoms with Gasteiger partial charge in [0.15, 0.2) is 0 Å². The molecule has 0 fully saturated rings. The van der Waals surface area contributed by atoms with Crippen molar-refractivity contribution in [1.82, 2.24) is 0 Å². The van der Waals surface area contributed by atoms with Crippen LogP contribution in [0.1, 0.15) is 13.3 Å². The van der Waals surface area contributed by atoms with E-state index >= 15 is 0 Å². The lowest BCUT2D eigenvalue weighted by molar-refractivity contribution is 0.0541. The Labute approximate surface area is 65.5 Å². The van der Waals surface area contributed by atoms with Crippen molar-refractivity contribution in [3.05, 3.63) is 0 Å². The standard InChI is InChI=1S/C7H17O2P/c1-2-3-8-4-5-9-6-7-10/h2-7,10H2,1H3. The van der Waals surface area contributed by atoms with Crippen LogP contribution in [0.4, 0.5) is 0 Å². The quantitative estimate of drug-likeness (QED) is 0.417. The largest absolute Gasteiger partial charge is 0.379 e. The van der Waals surface area contributed by atoms with Crippen LogP contribution in [0.25, 0.3) is 0 Å². The molecule has 62 valence electrons. The summed E-state index contributed by atoms with van der Waals surface area (Å²) in [4.78, 5) is 0. The van der Waals surface area contributed by atoms with E-state index in [-0.39, 0.29) is 0 Å². The molecule has 0 amide bonds. The average Bonchev–Trinajstić information content (AvgIpc) is 1.97. The molecule has 0 N–H and O–H groups in total. The molecule has 0 aliphatic carbocycles. The van der Waals surface area contributed by atoms with Gasteiger partial charge >= 0.3 is 0 Å². The molecule has 1 atom stereocenters. The first kappa shape index (κ1) is 10.3. The van der Waals surface area contributed by atoms with Gasteiger partial charge in [-0.05, 0) is 12.6 Å². The summed E-state index contributed by atoms with van der Waals surface area (Å²) < 4.78 is 10.4. The molecule has 0 aromatic heterocycles. The number of rotatable bonds is 7. The van der Waals surface area contributed by atoms with Crippen LogP contribution < -0.4 is 0 Å². The Kier molecular flexibility index (Phi) is 9.68. The van der Waals surface area contributed by atoms with Gasteiger partial charge in [-0.15, -0.1) is 9.24 Å². The second-order valence-corrected chi connectivity index (χ2v) is 2.59. The maximum Gasteiger partial charge on any atom is 0.0700 e. The molecule has 0 radical (unpaired) electrons. The molecular formula is C7H17O2P. The Balaban J connectivity index is 2.65.